The van der Waals surface area contributed by atoms with Crippen LogP contribution in [0.15, 0.2) is 0 Å². The lowest BCUT2D eigenvalue weighted by Gasteiger charge is -2.26. The number of nitrogens with one attached hydrogen (secondary N) is 1. The molecule has 2 aliphatic rings. The summed E-state index contributed by atoms with van der Waals surface area (Å²) in [7, 11) is -3.41. The Morgan fingerprint density at radius 1 is 1.38 bits per heavy atom. The van der Waals surface area contributed by atoms with Gasteiger partial charge in [0.05, 0.1) is 16.8 Å². The van der Waals surface area contributed by atoms with Gasteiger partial charge in [-0.15, -0.1) is 0 Å². The second kappa shape index (κ2) is 5.89. The van der Waals surface area contributed by atoms with Gasteiger partial charge in [-0.1, -0.05) is 25.2 Å². The van der Waals surface area contributed by atoms with Gasteiger partial charge in [-0.25, -0.2) is 13.4 Å². The van der Waals surface area contributed by atoms with E-state index >= 15 is 0 Å². The molecule has 1 fully saturated rings. The van der Waals surface area contributed by atoms with E-state index in [1.54, 1.807) is 0 Å². The van der Waals surface area contributed by atoms with Gasteiger partial charge < -0.3 is 5.32 Å². The lowest BCUT2D eigenvalue weighted by atomic mass is 9.78. The third kappa shape index (κ3) is 3.38. The number of aromatic nitrogens is 1. The van der Waals surface area contributed by atoms with Crippen LogP contribution in [-0.4, -0.2) is 48.2 Å². The van der Waals surface area contributed by atoms with Crippen molar-refractivity contribution in [1.82, 2.24) is 9.29 Å². The number of hydrogen-bond acceptors (Lipinski definition) is 6. The third-order valence-corrected chi connectivity index (χ3v) is 6.74. The Bertz CT molecular complexity index is 798. The molecule has 3 rings (SSSR count). The number of Topliss-reactive ketones (excluding diaryl/α,β-unsaturated/α-hetero) is 1. The highest BCUT2D eigenvalue weighted by Gasteiger charge is 2.38. The fraction of sp³-hybridized carbons (Fsp3) is 0.667. The summed E-state index contributed by atoms with van der Waals surface area (Å²) in [6.07, 6.45) is 3.43. The number of fused-ring (bicyclic) bond motifs is 1. The number of nitrogens with zero attached hydrogens (tertiary/aromatic N) is 2. The molecule has 2 heterocycles. The molecule has 1 saturated heterocycles. The van der Waals surface area contributed by atoms with Gasteiger partial charge in [0.15, 0.2) is 10.9 Å². The minimum atomic E-state index is -3.41. The van der Waals surface area contributed by atoms with Crippen molar-refractivity contribution in [3.05, 3.63) is 10.6 Å². The second-order valence-corrected chi connectivity index (χ2v) is 10.2. The molecule has 1 aliphatic carbocycles. The molecule has 1 aliphatic heterocycles. The van der Waals surface area contributed by atoms with E-state index in [0.29, 0.717) is 42.2 Å². The van der Waals surface area contributed by atoms with Gasteiger partial charge in [-0.3, -0.25) is 9.59 Å². The van der Waals surface area contributed by atoms with Crippen LogP contribution in [0.1, 0.15) is 48.5 Å². The number of hydrogen-bond donors (Lipinski definition) is 1. The smallest absolute Gasteiger partial charge is 0.244 e. The number of thiazole rings is 1. The van der Waals surface area contributed by atoms with Crippen LogP contribution in [0.3, 0.4) is 0 Å². The Morgan fingerprint density at radius 3 is 2.75 bits per heavy atom. The van der Waals surface area contributed by atoms with E-state index in [4.69, 9.17) is 0 Å². The Labute approximate surface area is 145 Å². The highest BCUT2D eigenvalue weighted by Crippen LogP contribution is 2.38. The van der Waals surface area contributed by atoms with Crippen molar-refractivity contribution < 1.29 is 18.0 Å². The van der Waals surface area contributed by atoms with Crippen LogP contribution in [0.5, 0.6) is 0 Å². The molecule has 1 amide bonds. The maximum Gasteiger partial charge on any atom is 0.244 e. The van der Waals surface area contributed by atoms with E-state index in [-0.39, 0.29) is 17.1 Å². The first-order valence-electron chi connectivity index (χ1n) is 7.87. The number of amides is 1. The molecule has 0 aromatic carbocycles. The van der Waals surface area contributed by atoms with Crippen LogP contribution in [0.4, 0.5) is 5.13 Å². The van der Waals surface area contributed by atoms with Gasteiger partial charge in [-0.05, 0) is 24.7 Å². The summed E-state index contributed by atoms with van der Waals surface area (Å²) in [6.45, 7) is 4.40. The van der Waals surface area contributed by atoms with Crippen molar-refractivity contribution in [2.75, 3.05) is 18.1 Å². The Kier molecular flexibility index (Phi) is 4.29. The van der Waals surface area contributed by atoms with Crippen molar-refractivity contribution in [3.63, 3.8) is 0 Å². The largest absolute Gasteiger partial charge is 0.301 e. The first kappa shape index (κ1) is 17.5. The van der Waals surface area contributed by atoms with Crippen LogP contribution in [0.25, 0.3) is 0 Å². The van der Waals surface area contributed by atoms with Crippen LogP contribution in [0, 0.1) is 5.41 Å². The Balaban J connectivity index is 1.78. The number of rotatable bonds is 3. The first-order chi connectivity index (χ1) is 11.1. The summed E-state index contributed by atoms with van der Waals surface area (Å²) >= 11 is 1.18. The van der Waals surface area contributed by atoms with Crippen molar-refractivity contribution in [3.8, 4) is 0 Å². The molecule has 0 radical (unpaired) electrons. The summed E-state index contributed by atoms with van der Waals surface area (Å²) in [5.74, 6) is -0.325. The normalized spacial score (nSPS) is 24.0. The topological polar surface area (TPSA) is 96.4 Å². The second-order valence-electron chi connectivity index (χ2n) is 7.26. The van der Waals surface area contributed by atoms with E-state index in [1.807, 2.05) is 13.8 Å². The van der Waals surface area contributed by atoms with Gasteiger partial charge in [0.25, 0.3) is 0 Å². The van der Waals surface area contributed by atoms with Gasteiger partial charge in [-0.2, -0.15) is 4.31 Å². The predicted octanol–water partition coefficient (Wildman–Crippen LogP) is 1.66. The molecule has 9 heteroatoms. The average molecular weight is 371 g/mol. The van der Waals surface area contributed by atoms with Crippen LogP contribution in [0.2, 0.25) is 0 Å². The lowest BCUT2D eigenvalue weighted by molar-refractivity contribution is -0.119. The van der Waals surface area contributed by atoms with Crippen LogP contribution < -0.4 is 5.32 Å². The monoisotopic (exact) mass is 371 g/mol. The Hall–Kier alpha value is -1.32. The zero-order valence-electron chi connectivity index (χ0n) is 14.0. The van der Waals surface area contributed by atoms with Crippen molar-refractivity contribution in [2.45, 2.75) is 45.6 Å². The Morgan fingerprint density at radius 2 is 2.08 bits per heavy atom. The van der Waals surface area contributed by atoms with Crippen molar-refractivity contribution >= 4 is 38.2 Å². The molecule has 7 nitrogen and oxygen atoms in total. The lowest BCUT2D eigenvalue weighted by Crippen LogP contribution is -2.42. The molecule has 1 unspecified atom stereocenters. The first-order valence-corrected chi connectivity index (χ1v) is 10.5. The van der Waals surface area contributed by atoms with E-state index in [9.17, 15) is 18.0 Å². The highest BCUT2D eigenvalue weighted by molar-refractivity contribution is 7.88. The molecule has 0 spiro atoms. The quantitative estimate of drug-likeness (QED) is 0.872. The number of ketones is 1. The fourth-order valence-electron chi connectivity index (χ4n) is 3.36. The molecular formula is C15H21N3O4S2. The summed E-state index contributed by atoms with van der Waals surface area (Å²) in [5.41, 5.74) is 0.598. The maximum absolute atomic E-state index is 12.5. The number of anilines is 1. The summed E-state index contributed by atoms with van der Waals surface area (Å²) < 4.78 is 24.8. The minimum Gasteiger partial charge on any atom is -0.301 e. The van der Waals surface area contributed by atoms with Crippen molar-refractivity contribution in [2.24, 2.45) is 5.41 Å². The van der Waals surface area contributed by atoms with E-state index < -0.39 is 16.1 Å². The molecule has 24 heavy (non-hydrogen) atoms. The van der Waals surface area contributed by atoms with E-state index in [0.717, 1.165) is 11.9 Å². The minimum absolute atomic E-state index is 0.0536. The molecule has 1 aromatic heterocycles. The molecule has 0 bridgehead atoms. The zero-order valence-corrected chi connectivity index (χ0v) is 15.6. The number of carbonyl (C=O) groups excluding carboxylic acids is 2. The zero-order chi connectivity index (χ0) is 17.7. The third-order valence-electron chi connectivity index (χ3n) is 4.40. The van der Waals surface area contributed by atoms with Gasteiger partial charge in [0.1, 0.15) is 6.04 Å². The molecule has 1 aromatic rings. The number of carbonyl (C=O) groups is 2. The SMILES string of the molecule is CC1(C)CC(=O)c2sc(NC(=O)C3CCCN3S(C)(=O)=O)nc2C1. The summed E-state index contributed by atoms with van der Waals surface area (Å²) in [4.78, 5) is 29.7. The highest BCUT2D eigenvalue weighted by atomic mass is 32.2. The fourth-order valence-corrected chi connectivity index (χ4v) is 5.41. The molecule has 1 N–H and O–H groups in total. The average Bonchev–Trinajstić information content (AvgIpc) is 3.02. The van der Waals surface area contributed by atoms with Gasteiger partial charge >= 0.3 is 0 Å². The van der Waals surface area contributed by atoms with Gasteiger partial charge in [0, 0.05) is 13.0 Å². The van der Waals surface area contributed by atoms with Crippen LogP contribution >= 0.6 is 11.3 Å². The predicted molar refractivity (Wildman–Crippen MR) is 91.7 cm³/mol. The molecule has 1 atom stereocenters. The molecular weight excluding hydrogens is 350 g/mol. The summed E-state index contributed by atoms with van der Waals surface area (Å²) in [5, 5.41) is 3.07. The standard InChI is InChI=1S/C15H21N3O4S2/c1-15(2)7-9-12(11(19)8-15)23-14(16-9)17-13(20)10-5-4-6-18(10)24(3,21)22/h10H,4-8H2,1-3H3,(H,16,17,20). The van der Waals surface area contributed by atoms with E-state index in [2.05, 4.69) is 10.3 Å². The molecule has 132 valence electrons. The van der Waals surface area contributed by atoms with Crippen LogP contribution in [-0.2, 0) is 21.2 Å². The van der Waals surface area contributed by atoms with Crippen molar-refractivity contribution in [1.29, 1.82) is 0 Å². The molecule has 0 saturated carbocycles. The van der Waals surface area contributed by atoms with E-state index in [1.165, 1.54) is 15.6 Å². The summed E-state index contributed by atoms with van der Waals surface area (Å²) in [6, 6.07) is -0.701. The number of sulfonamides is 1. The maximum atomic E-state index is 12.5. The van der Waals surface area contributed by atoms with Gasteiger partial charge in [0.2, 0.25) is 15.9 Å².